The summed E-state index contributed by atoms with van der Waals surface area (Å²) in [6, 6.07) is 10.3. The summed E-state index contributed by atoms with van der Waals surface area (Å²) >= 11 is 0. The largest absolute Gasteiger partial charge is 0.396 e. The number of aliphatic hydroxyl groups is 1. The van der Waals surface area contributed by atoms with Gasteiger partial charge in [-0.05, 0) is 25.3 Å². The second-order valence-electron chi connectivity index (χ2n) is 5.11. The van der Waals surface area contributed by atoms with Crippen molar-refractivity contribution < 1.29 is 9.90 Å². The third-order valence-electron chi connectivity index (χ3n) is 3.74. The fraction of sp³-hybridized carbons (Fsp3) is 0.533. The van der Waals surface area contributed by atoms with Gasteiger partial charge >= 0.3 is 0 Å². The predicted octanol–water partition coefficient (Wildman–Crippen LogP) is 1.15. The third-order valence-corrected chi connectivity index (χ3v) is 3.74. The van der Waals surface area contributed by atoms with Crippen LogP contribution in [-0.4, -0.2) is 41.1 Å². The highest BCUT2D eigenvalue weighted by Crippen LogP contribution is 2.18. The molecule has 1 fully saturated rings. The zero-order valence-corrected chi connectivity index (χ0v) is 11.4. The fourth-order valence-corrected chi connectivity index (χ4v) is 2.63. The van der Waals surface area contributed by atoms with E-state index in [0.717, 1.165) is 13.0 Å². The van der Waals surface area contributed by atoms with Crippen molar-refractivity contribution in [3.63, 3.8) is 0 Å². The van der Waals surface area contributed by atoms with Gasteiger partial charge in [0.15, 0.2) is 0 Å². The van der Waals surface area contributed by atoms with E-state index in [1.807, 2.05) is 18.2 Å². The first kappa shape index (κ1) is 14.0. The molecule has 0 aliphatic carbocycles. The number of benzene rings is 1. The Morgan fingerprint density at radius 2 is 2.11 bits per heavy atom. The van der Waals surface area contributed by atoms with E-state index < -0.39 is 0 Å². The van der Waals surface area contributed by atoms with Gasteiger partial charge in [0.25, 0.3) is 0 Å². The Morgan fingerprint density at radius 3 is 2.79 bits per heavy atom. The Morgan fingerprint density at radius 1 is 1.37 bits per heavy atom. The second-order valence-corrected chi connectivity index (χ2v) is 5.11. The number of amides is 1. The minimum Gasteiger partial charge on any atom is -0.396 e. The van der Waals surface area contributed by atoms with Gasteiger partial charge in [-0.1, -0.05) is 30.3 Å². The van der Waals surface area contributed by atoms with Crippen LogP contribution < -0.4 is 5.32 Å². The quantitative estimate of drug-likeness (QED) is 0.856. The van der Waals surface area contributed by atoms with Gasteiger partial charge in [0, 0.05) is 25.7 Å². The molecule has 1 saturated heterocycles. The van der Waals surface area contributed by atoms with Crippen LogP contribution in [0, 0.1) is 0 Å². The number of rotatable bonds is 4. The van der Waals surface area contributed by atoms with Crippen molar-refractivity contribution in [3.05, 3.63) is 35.9 Å². The molecule has 1 heterocycles. The number of hydrogen-bond acceptors (Lipinski definition) is 3. The number of nitrogens with one attached hydrogen (secondary N) is 1. The molecule has 4 nitrogen and oxygen atoms in total. The smallest absolute Gasteiger partial charge is 0.237 e. The fourth-order valence-electron chi connectivity index (χ4n) is 2.63. The average molecular weight is 262 g/mol. The third kappa shape index (κ3) is 3.55. The summed E-state index contributed by atoms with van der Waals surface area (Å²) in [5, 5.41) is 12.1. The van der Waals surface area contributed by atoms with Crippen LogP contribution in [0.1, 0.15) is 25.3 Å². The summed E-state index contributed by atoms with van der Waals surface area (Å²) in [6.07, 6.45) is 1.43. The van der Waals surface area contributed by atoms with Crippen LogP contribution in [0.3, 0.4) is 0 Å². The van der Waals surface area contributed by atoms with Crippen LogP contribution in [0.4, 0.5) is 0 Å². The Bertz CT molecular complexity index is 408. The molecule has 4 heteroatoms. The first-order valence-electron chi connectivity index (χ1n) is 6.90. The van der Waals surface area contributed by atoms with Gasteiger partial charge in [0.2, 0.25) is 5.91 Å². The van der Waals surface area contributed by atoms with E-state index in [1.54, 1.807) is 0 Å². The zero-order valence-electron chi connectivity index (χ0n) is 11.4. The number of hydrogen-bond donors (Lipinski definition) is 2. The second kappa shape index (κ2) is 6.68. The lowest BCUT2D eigenvalue weighted by atomic mass is 10.1. The summed E-state index contributed by atoms with van der Waals surface area (Å²) in [4.78, 5) is 14.3. The lowest BCUT2D eigenvalue weighted by Crippen LogP contribution is -2.47. The zero-order chi connectivity index (χ0) is 13.7. The number of aliphatic hydroxyl groups excluding tert-OH is 1. The van der Waals surface area contributed by atoms with Crippen molar-refractivity contribution in [1.82, 2.24) is 10.2 Å². The molecule has 1 aliphatic heterocycles. The van der Waals surface area contributed by atoms with Gasteiger partial charge in [-0.15, -0.1) is 0 Å². The molecule has 1 aromatic rings. The highest BCUT2D eigenvalue weighted by Gasteiger charge is 2.31. The summed E-state index contributed by atoms with van der Waals surface area (Å²) in [6.45, 7) is 3.65. The van der Waals surface area contributed by atoms with Gasteiger partial charge in [-0.3, -0.25) is 9.69 Å². The molecule has 2 unspecified atom stereocenters. The molecule has 0 bridgehead atoms. The van der Waals surface area contributed by atoms with Crippen molar-refractivity contribution in [2.75, 3.05) is 13.2 Å². The highest BCUT2D eigenvalue weighted by atomic mass is 16.3. The average Bonchev–Trinajstić information content (AvgIpc) is 2.54. The minimum absolute atomic E-state index is 0.0364. The SMILES string of the molecule is CC1CCNC(=O)C(CCO)N1Cc1ccccc1. The molecular weight excluding hydrogens is 240 g/mol. The first-order valence-corrected chi connectivity index (χ1v) is 6.90. The van der Waals surface area contributed by atoms with Gasteiger partial charge < -0.3 is 10.4 Å². The van der Waals surface area contributed by atoms with Gasteiger partial charge in [-0.25, -0.2) is 0 Å². The van der Waals surface area contributed by atoms with Crippen LogP contribution >= 0.6 is 0 Å². The molecular formula is C15H22N2O2. The molecule has 2 rings (SSSR count). The lowest BCUT2D eigenvalue weighted by molar-refractivity contribution is -0.126. The van der Waals surface area contributed by atoms with E-state index >= 15 is 0 Å². The summed E-state index contributed by atoms with van der Waals surface area (Å²) in [5.74, 6) is 0.0364. The Kier molecular flexibility index (Phi) is 4.93. The number of nitrogens with zero attached hydrogens (tertiary/aromatic N) is 1. The summed E-state index contributed by atoms with van der Waals surface area (Å²) in [5.41, 5.74) is 1.20. The van der Waals surface area contributed by atoms with E-state index in [0.29, 0.717) is 19.0 Å². The van der Waals surface area contributed by atoms with E-state index in [2.05, 4.69) is 29.3 Å². The standard InChI is InChI=1S/C15H22N2O2/c1-12-7-9-16-15(19)14(8-10-18)17(12)11-13-5-3-2-4-6-13/h2-6,12,14,18H,7-11H2,1H3,(H,16,19). The molecule has 0 radical (unpaired) electrons. The Hall–Kier alpha value is -1.39. The van der Waals surface area contributed by atoms with Crippen LogP contribution in [0.5, 0.6) is 0 Å². The molecule has 2 N–H and O–H groups in total. The van der Waals surface area contributed by atoms with Crippen molar-refractivity contribution in [3.8, 4) is 0 Å². The van der Waals surface area contributed by atoms with Crippen molar-refractivity contribution in [1.29, 1.82) is 0 Å². The monoisotopic (exact) mass is 262 g/mol. The predicted molar refractivity (Wildman–Crippen MR) is 74.6 cm³/mol. The van der Waals surface area contributed by atoms with Gasteiger partial charge in [-0.2, -0.15) is 0 Å². The van der Waals surface area contributed by atoms with E-state index in [9.17, 15) is 9.90 Å². The van der Waals surface area contributed by atoms with E-state index in [4.69, 9.17) is 0 Å². The van der Waals surface area contributed by atoms with Crippen LogP contribution in [0.25, 0.3) is 0 Å². The van der Waals surface area contributed by atoms with Crippen LogP contribution in [-0.2, 0) is 11.3 Å². The number of carbonyl (C=O) groups excluding carboxylic acids is 1. The normalized spacial score (nSPS) is 24.8. The van der Waals surface area contributed by atoms with E-state index in [-0.39, 0.29) is 18.6 Å². The van der Waals surface area contributed by atoms with Crippen molar-refractivity contribution in [2.45, 2.75) is 38.4 Å². The van der Waals surface area contributed by atoms with Crippen LogP contribution in [0.2, 0.25) is 0 Å². The molecule has 1 amide bonds. The highest BCUT2D eigenvalue weighted by molar-refractivity contribution is 5.82. The van der Waals surface area contributed by atoms with Crippen molar-refractivity contribution >= 4 is 5.91 Å². The molecule has 0 spiro atoms. The maximum Gasteiger partial charge on any atom is 0.237 e. The Balaban J connectivity index is 2.17. The Labute approximate surface area is 114 Å². The van der Waals surface area contributed by atoms with Crippen molar-refractivity contribution in [2.24, 2.45) is 0 Å². The maximum atomic E-state index is 12.1. The molecule has 0 aromatic heterocycles. The lowest BCUT2D eigenvalue weighted by Gasteiger charge is -2.32. The van der Waals surface area contributed by atoms with Gasteiger partial charge in [0.05, 0.1) is 6.04 Å². The molecule has 0 saturated carbocycles. The summed E-state index contributed by atoms with van der Waals surface area (Å²) in [7, 11) is 0. The molecule has 2 atom stereocenters. The summed E-state index contributed by atoms with van der Waals surface area (Å²) < 4.78 is 0. The molecule has 19 heavy (non-hydrogen) atoms. The van der Waals surface area contributed by atoms with Gasteiger partial charge in [0.1, 0.15) is 0 Å². The molecule has 1 aliphatic rings. The number of carbonyl (C=O) groups is 1. The van der Waals surface area contributed by atoms with E-state index in [1.165, 1.54) is 5.56 Å². The maximum absolute atomic E-state index is 12.1. The first-order chi connectivity index (χ1) is 9.22. The van der Waals surface area contributed by atoms with Crippen LogP contribution in [0.15, 0.2) is 30.3 Å². The molecule has 104 valence electrons. The topological polar surface area (TPSA) is 52.6 Å². The molecule has 1 aromatic carbocycles. The minimum atomic E-state index is -0.234.